The van der Waals surface area contributed by atoms with Crippen LogP contribution in [0.4, 0.5) is 5.69 Å². The van der Waals surface area contributed by atoms with Gasteiger partial charge in [-0.25, -0.2) is 0 Å². The molecule has 0 fully saturated rings. The molecule has 2 aromatic heterocycles. The molecule has 0 aromatic carbocycles. The summed E-state index contributed by atoms with van der Waals surface area (Å²) in [6.45, 7) is 4.64. The van der Waals surface area contributed by atoms with E-state index < -0.39 is 0 Å². The first kappa shape index (κ1) is 12.6. The van der Waals surface area contributed by atoms with Crippen molar-refractivity contribution in [3.8, 4) is 0 Å². The van der Waals surface area contributed by atoms with Crippen LogP contribution in [0.5, 0.6) is 0 Å². The zero-order valence-electron chi connectivity index (χ0n) is 10.9. The van der Waals surface area contributed by atoms with Crippen molar-refractivity contribution in [2.24, 2.45) is 0 Å². The maximum absolute atomic E-state index is 5.40. The van der Waals surface area contributed by atoms with E-state index in [0.717, 1.165) is 31.1 Å². The highest BCUT2D eigenvalue weighted by atomic mass is 16.3. The maximum Gasteiger partial charge on any atom is 0.123 e. The molecule has 0 saturated heterocycles. The quantitative estimate of drug-likeness (QED) is 0.848. The molecule has 0 saturated carbocycles. The zero-order chi connectivity index (χ0) is 12.8. The normalized spacial score (nSPS) is 10.6. The third-order valence-corrected chi connectivity index (χ3v) is 2.83. The number of hydrogen-bond donors (Lipinski definition) is 1. The van der Waals surface area contributed by atoms with Crippen LogP contribution in [0.25, 0.3) is 0 Å². The van der Waals surface area contributed by atoms with Crippen LogP contribution in [-0.4, -0.2) is 18.6 Å². The Kier molecular flexibility index (Phi) is 4.36. The topological polar surface area (TPSA) is 41.3 Å². The van der Waals surface area contributed by atoms with Crippen molar-refractivity contribution >= 4 is 5.69 Å². The van der Waals surface area contributed by atoms with Crippen molar-refractivity contribution in [3.63, 3.8) is 0 Å². The molecule has 4 nitrogen and oxygen atoms in total. The van der Waals surface area contributed by atoms with E-state index in [9.17, 15) is 0 Å². The first-order valence-electron chi connectivity index (χ1n) is 6.20. The number of nitrogens with one attached hydrogen (secondary N) is 1. The van der Waals surface area contributed by atoms with Gasteiger partial charge in [-0.05, 0) is 38.2 Å². The van der Waals surface area contributed by atoms with Gasteiger partial charge in [0.05, 0.1) is 18.5 Å². The Morgan fingerprint density at radius 3 is 2.94 bits per heavy atom. The third-order valence-electron chi connectivity index (χ3n) is 2.83. The Labute approximate surface area is 108 Å². The molecule has 0 spiro atoms. The summed E-state index contributed by atoms with van der Waals surface area (Å²) in [7, 11) is 1.93. The van der Waals surface area contributed by atoms with Gasteiger partial charge in [0.2, 0.25) is 0 Å². The lowest BCUT2D eigenvalue weighted by molar-refractivity contribution is 0.503. The highest BCUT2D eigenvalue weighted by Crippen LogP contribution is 2.17. The van der Waals surface area contributed by atoms with Gasteiger partial charge in [-0.3, -0.25) is 4.98 Å². The average Bonchev–Trinajstić information content (AvgIpc) is 2.89. The van der Waals surface area contributed by atoms with Gasteiger partial charge >= 0.3 is 0 Å². The standard InChI is InChI=1S/C14H19N3O/c1-3-17(11-14-5-4-8-18-14)13-6-7-16-12(9-13)10-15-2/h4-9,15H,3,10-11H2,1-2H3. The van der Waals surface area contributed by atoms with Crippen molar-refractivity contribution in [1.29, 1.82) is 0 Å². The molecule has 2 aromatic rings. The van der Waals surface area contributed by atoms with Crippen LogP contribution in [0, 0.1) is 0 Å². The smallest absolute Gasteiger partial charge is 0.123 e. The number of rotatable bonds is 6. The molecule has 0 atom stereocenters. The van der Waals surface area contributed by atoms with Crippen LogP contribution in [0.15, 0.2) is 41.1 Å². The van der Waals surface area contributed by atoms with Crippen molar-refractivity contribution in [2.75, 3.05) is 18.5 Å². The fourth-order valence-electron chi connectivity index (χ4n) is 1.92. The maximum atomic E-state index is 5.40. The molecular weight excluding hydrogens is 226 g/mol. The molecule has 2 heterocycles. The Morgan fingerprint density at radius 2 is 2.28 bits per heavy atom. The Hall–Kier alpha value is -1.81. The first-order chi connectivity index (χ1) is 8.83. The average molecular weight is 245 g/mol. The van der Waals surface area contributed by atoms with Crippen LogP contribution >= 0.6 is 0 Å². The largest absolute Gasteiger partial charge is 0.467 e. The Balaban J connectivity index is 2.13. The van der Waals surface area contributed by atoms with Crippen LogP contribution in [0.2, 0.25) is 0 Å². The minimum absolute atomic E-state index is 0.784. The third kappa shape index (κ3) is 3.11. The minimum Gasteiger partial charge on any atom is -0.467 e. The summed E-state index contributed by atoms with van der Waals surface area (Å²) >= 11 is 0. The minimum atomic E-state index is 0.784. The van der Waals surface area contributed by atoms with E-state index >= 15 is 0 Å². The van der Waals surface area contributed by atoms with Gasteiger partial charge in [-0.2, -0.15) is 0 Å². The molecule has 0 radical (unpaired) electrons. The molecule has 0 bridgehead atoms. The van der Waals surface area contributed by atoms with Crippen LogP contribution in [0.3, 0.4) is 0 Å². The lowest BCUT2D eigenvalue weighted by atomic mass is 10.2. The van der Waals surface area contributed by atoms with E-state index in [1.807, 2.05) is 31.4 Å². The summed E-state index contributed by atoms with van der Waals surface area (Å²) < 4.78 is 5.40. The van der Waals surface area contributed by atoms with Crippen LogP contribution in [0.1, 0.15) is 18.4 Å². The molecule has 0 aliphatic heterocycles. The number of aromatic nitrogens is 1. The highest BCUT2D eigenvalue weighted by Gasteiger charge is 2.08. The van der Waals surface area contributed by atoms with Gasteiger partial charge in [0, 0.05) is 25.0 Å². The second-order valence-corrected chi connectivity index (χ2v) is 4.13. The number of furan rings is 1. The molecule has 0 aliphatic rings. The van der Waals surface area contributed by atoms with Gasteiger partial charge in [-0.1, -0.05) is 0 Å². The Bertz CT molecular complexity index is 468. The van der Waals surface area contributed by atoms with E-state index in [0.29, 0.717) is 0 Å². The van der Waals surface area contributed by atoms with Gasteiger partial charge in [-0.15, -0.1) is 0 Å². The second-order valence-electron chi connectivity index (χ2n) is 4.13. The summed E-state index contributed by atoms with van der Waals surface area (Å²) in [5.41, 5.74) is 2.22. The van der Waals surface area contributed by atoms with Gasteiger partial charge < -0.3 is 14.6 Å². The summed E-state index contributed by atoms with van der Waals surface area (Å²) in [5.74, 6) is 0.976. The molecule has 4 heteroatoms. The molecule has 0 unspecified atom stereocenters. The number of anilines is 1. The number of pyridine rings is 1. The zero-order valence-corrected chi connectivity index (χ0v) is 10.9. The van der Waals surface area contributed by atoms with Crippen molar-refractivity contribution in [1.82, 2.24) is 10.3 Å². The molecule has 0 aliphatic carbocycles. The molecule has 96 valence electrons. The fraction of sp³-hybridized carbons (Fsp3) is 0.357. The molecule has 2 rings (SSSR count). The second kappa shape index (κ2) is 6.21. The summed E-state index contributed by atoms with van der Waals surface area (Å²) in [6.07, 6.45) is 3.56. The van der Waals surface area contributed by atoms with E-state index in [4.69, 9.17) is 4.42 Å². The van der Waals surface area contributed by atoms with E-state index in [-0.39, 0.29) is 0 Å². The van der Waals surface area contributed by atoms with E-state index in [1.165, 1.54) is 5.69 Å². The fourth-order valence-corrected chi connectivity index (χ4v) is 1.92. The molecule has 18 heavy (non-hydrogen) atoms. The highest BCUT2D eigenvalue weighted by molar-refractivity contribution is 5.46. The molecule has 1 N–H and O–H groups in total. The lowest BCUT2D eigenvalue weighted by Gasteiger charge is -2.22. The number of hydrogen-bond acceptors (Lipinski definition) is 4. The van der Waals surface area contributed by atoms with E-state index in [2.05, 4.69) is 28.2 Å². The molecule has 0 amide bonds. The van der Waals surface area contributed by atoms with E-state index in [1.54, 1.807) is 6.26 Å². The SMILES string of the molecule is CCN(Cc1ccco1)c1ccnc(CNC)c1. The first-order valence-corrected chi connectivity index (χ1v) is 6.20. The van der Waals surface area contributed by atoms with Crippen molar-refractivity contribution in [2.45, 2.75) is 20.0 Å². The van der Waals surface area contributed by atoms with Crippen molar-refractivity contribution in [3.05, 3.63) is 48.2 Å². The molecular formula is C14H19N3O. The van der Waals surface area contributed by atoms with Gasteiger partial charge in [0.1, 0.15) is 5.76 Å². The van der Waals surface area contributed by atoms with Crippen LogP contribution in [-0.2, 0) is 13.1 Å². The summed E-state index contributed by atoms with van der Waals surface area (Å²) in [6, 6.07) is 8.06. The van der Waals surface area contributed by atoms with Crippen molar-refractivity contribution < 1.29 is 4.42 Å². The van der Waals surface area contributed by atoms with Gasteiger partial charge in [0.25, 0.3) is 0 Å². The monoisotopic (exact) mass is 245 g/mol. The van der Waals surface area contributed by atoms with Gasteiger partial charge in [0.15, 0.2) is 0 Å². The predicted molar refractivity (Wildman–Crippen MR) is 72.4 cm³/mol. The summed E-state index contributed by atoms with van der Waals surface area (Å²) in [4.78, 5) is 6.59. The summed E-state index contributed by atoms with van der Waals surface area (Å²) in [5, 5.41) is 3.11. The lowest BCUT2D eigenvalue weighted by Crippen LogP contribution is -2.22. The Morgan fingerprint density at radius 1 is 1.39 bits per heavy atom. The number of nitrogens with zero attached hydrogens (tertiary/aromatic N) is 2. The van der Waals surface area contributed by atoms with Crippen LogP contribution < -0.4 is 10.2 Å². The predicted octanol–water partition coefficient (Wildman–Crippen LogP) is 2.42.